The minimum absolute atomic E-state index is 0.333. The van der Waals surface area contributed by atoms with E-state index in [-0.39, 0.29) is 0 Å². The SMILES string of the molecule is O=Cc1ccc(CN2CCC(=O)CC2)o1. The summed E-state index contributed by atoms with van der Waals surface area (Å²) in [5.41, 5.74) is 0. The van der Waals surface area contributed by atoms with Crippen molar-refractivity contribution in [2.75, 3.05) is 13.1 Å². The van der Waals surface area contributed by atoms with Crippen molar-refractivity contribution in [2.24, 2.45) is 0 Å². The lowest BCUT2D eigenvalue weighted by molar-refractivity contribution is -0.121. The molecule has 15 heavy (non-hydrogen) atoms. The Bertz CT molecular complexity index is 360. The molecule has 0 amide bonds. The molecule has 4 heteroatoms. The van der Waals surface area contributed by atoms with Crippen molar-refractivity contribution in [3.8, 4) is 0 Å². The molecule has 1 aromatic rings. The third-order valence-corrected chi connectivity index (χ3v) is 2.59. The van der Waals surface area contributed by atoms with Crippen LogP contribution in [0.3, 0.4) is 0 Å². The van der Waals surface area contributed by atoms with Crippen molar-refractivity contribution >= 4 is 12.1 Å². The molecule has 0 saturated carbocycles. The summed E-state index contributed by atoms with van der Waals surface area (Å²) in [7, 11) is 0. The Kier molecular flexibility index (Phi) is 2.97. The molecule has 2 heterocycles. The van der Waals surface area contributed by atoms with E-state index in [4.69, 9.17) is 4.42 Å². The van der Waals surface area contributed by atoms with E-state index in [1.165, 1.54) is 0 Å². The quantitative estimate of drug-likeness (QED) is 0.700. The first kappa shape index (κ1) is 10.1. The first-order valence-corrected chi connectivity index (χ1v) is 5.06. The number of rotatable bonds is 3. The zero-order chi connectivity index (χ0) is 10.7. The number of aldehydes is 1. The fourth-order valence-electron chi connectivity index (χ4n) is 1.72. The highest BCUT2D eigenvalue weighted by Gasteiger charge is 2.17. The second-order valence-corrected chi connectivity index (χ2v) is 3.74. The van der Waals surface area contributed by atoms with Crippen molar-refractivity contribution in [1.82, 2.24) is 4.90 Å². The van der Waals surface area contributed by atoms with Gasteiger partial charge in [0.25, 0.3) is 0 Å². The molecule has 0 atom stereocenters. The number of hydrogen-bond donors (Lipinski definition) is 0. The average Bonchev–Trinajstić information content (AvgIpc) is 2.69. The van der Waals surface area contributed by atoms with Gasteiger partial charge in [-0.25, -0.2) is 0 Å². The van der Waals surface area contributed by atoms with Gasteiger partial charge in [-0.3, -0.25) is 14.5 Å². The summed E-state index contributed by atoms with van der Waals surface area (Å²) in [5, 5.41) is 0. The van der Waals surface area contributed by atoms with Crippen LogP contribution in [-0.2, 0) is 11.3 Å². The van der Waals surface area contributed by atoms with Crippen LogP contribution in [-0.4, -0.2) is 30.1 Å². The van der Waals surface area contributed by atoms with Crippen LogP contribution < -0.4 is 0 Å². The summed E-state index contributed by atoms with van der Waals surface area (Å²) < 4.78 is 5.27. The Morgan fingerprint density at radius 3 is 2.67 bits per heavy atom. The van der Waals surface area contributed by atoms with Crippen LogP contribution in [0.25, 0.3) is 0 Å². The smallest absolute Gasteiger partial charge is 0.185 e. The standard InChI is InChI=1S/C11H13NO3/c13-8-11-2-1-10(15-11)7-12-5-3-9(14)4-6-12/h1-2,8H,3-7H2. The van der Waals surface area contributed by atoms with Crippen molar-refractivity contribution in [2.45, 2.75) is 19.4 Å². The molecule has 1 aromatic heterocycles. The van der Waals surface area contributed by atoms with E-state index in [9.17, 15) is 9.59 Å². The summed E-state index contributed by atoms with van der Waals surface area (Å²) in [6.07, 6.45) is 1.95. The maximum atomic E-state index is 11.0. The van der Waals surface area contributed by atoms with Crippen molar-refractivity contribution in [1.29, 1.82) is 0 Å². The van der Waals surface area contributed by atoms with Crippen LogP contribution in [0, 0.1) is 0 Å². The van der Waals surface area contributed by atoms with Crippen LogP contribution in [0.15, 0.2) is 16.5 Å². The number of likely N-dealkylation sites (tertiary alicyclic amines) is 1. The van der Waals surface area contributed by atoms with Crippen molar-refractivity contribution < 1.29 is 14.0 Å². The Morgan fingerprint density at radius 1 is 1.33 bits per heavy atom. The van der Waals surface area contributed by atoms with Gasteiger partial charge >= 0.3 is 0 Å². The van der Waals surface area contributed by atoms with Gasteiger partial charge in [0.15, 0.2) is 12.0 Å². The third-order valence-electron chi connectivity index (χ3n) is 2.59. The second kappa shape index (κ2) is 4.40. The molecule has 2 rings (SSSR count). The molecule has 0 aliphatic carbocycles. The number of carbonyl (C=O) groups excluding carboxylic acids is 2. The van der Waals surface area contributed by atoms with Gasteiger partial charge in [-0.05, 0) is 12.1 Å². The Labute approximate surface area is 87.9 Å². The van der Waals surface area contributed by atoms with Gasteiger partial charge in [0.05, 0.1) is 6.54 Å². The molecule has 0 aromatic carbocycles. The number of hydrogen-bond acceptors (Lipinski definition) is 4. The molecule has 80 valence electrons. The molecule has 1 aliphatic rings. The second-order valence-electron chi connectivity index (χ2n) is 3.74. The number of piperidine rings is 1. The van der Waals surface area contributed by atoms with Crippen molar-refractivity contribution in [3.05, 3.63) is 23.7 Å². The Morgan fingerprint density at radius 2 is 2.07 bits per heavy atom. The number of nitrogens with zero attached hydrogens (tertiary/aromatic N) is 1. The molecule has 0 bridgehead atoms. The Balaban J connectivity index is 1.91. The van der Waals surface area contributed by atoms with Crippen LogP contribution >= 0.6 is 0 Å². The molecule has 4 nitrogen and oxygen atoms in total. The summed E-state index contributed by atoms with van der Waals surface area (Å²) in [4.78, 5) is 23.6. The fourth-order valence-corrected chi connectivity index (χ4v) is 1.72. The summed E-state index contributed by atoms with van der Waals surface area (Å²) in [5.74, 6) is 1.48. The first-order chi connectivity index (χ1) is 7.28. The largest absolute Gasteiger partial charge is 0.457 e. The van der Waals surface area contributed by atoms with Crippen LogP contribution in [0.2, 0.25) is 0 Å². The lowest BCUT2D eigenvalue weighted by Crippen LogP contribution is -2.33. The van der Waals surface area contributed by atoms with E-state index in [1.807, 2.05) is 0 Å². The van der Waals surface area contributed by atoms with Crippen LogP contribution in [0.1, 0.15) is 29.2 Å². The van der Waals surface area contributed by atoms with E-state index >= 15 is 0 Å². The molecular formula is C11H13NO3. The van der Waals surface area contributed by atoms with Crippen molar-refractivity contribution in [3.63, 3.8) is 0 Å². The molecule has 1 fully saturated rings. The van der Waals surface area contributed by atoms with Gasteiger partial charge < -0.3 is 4.42 Å². The molecule has 0 unspecified atom stereocenters. The highest BCUT2D eigenvalue weighted by molar-refractivity contribution is 5.79. The van der Waals surface area contributed by atoms with E-state index in [0.717, 1.165) is 18.8 Å². The summed E-state index contributed by atoms with van der Waals surface area (Å²) in [6.45, 7) is 2.26. The fraction of sp³-hybridized carbons (Fsp3) is 0.455. The van der Waals surface area contributed by atoms with Gasteiger partial charge in [-0.2, -0.15) is 0 Å². The van der Waals surface area contributed by atoms with E-state index in [2.05, 4.69) is 4.90 Å². The average molecular weight is 207 g/mol. The van der Waals surface area contributed by atoms with Crippen LogP contribution in [0.5, 0.6) is 0 Å². The number of Topliss-reactive ketones (excluding diaryl/α,β-unsaturated/α-hetero) is 1. The molecule has 0 radical (unpaired) electrons. The number of ketones is 1. The van der Waals surface area contributed by atoms with Gasteiger partial charge in [-0.15, -0.1) is 0 Å². The lowest BCUT2D eigenvalue weighted by atomic mass is 10.1. The predicted molar refractivity (Wildman–Crippen MR) is 53.6 cm³/mol. The summed E-state index contributed by atoms with van der Waals surface area (Å²) >= 11 is 0. The van der Waals surface area contributed by atoms with E-state index < -0.39 is 0 Å². The number of furan rings is 1. The minimum atomic E-state index is 0.333. The predicted octanol–water partition coefficient (Wildman–Crippen LogP) is 1.26. The highest BCUT2D eigenvalue weighted by Crippen LogP contribution is 2.12. The van der Waals surface area contributed by atoms with Gasteiger partial charge in [0.1, 0.15) is 11.5 Å². The minimum Gasteiger partial charge on any atom is -0.457 e. The zero-order valence-corrected chi connectivity index (χ0v) is 8.44. The highest BCUT2D eigenvalue weighted by atomic mass is 16.3. The third kappa shape index (κ3) is 2.53. The monoisotopic (exact) mass is 207 g/mol. The van der Waals surface area contributed by atoms with Gasteiger partial charge in [-0.1, -0.05) is 0 Å². The maximum Gasteiger partial charge on any atom is 0.185 e. The number of carbonyl (C=O) groups is 2. The van der Waals surface area contributed by atoms with E-state index in [0.29, 0.717) is 37.2 Å². The first-order valence-electron chi connectivity index (χ1n) is 5.06. The molecule has 0 N–H and O–H groups in total. The Hall–Kier alpha value is -1.42. The van der Waals surface area contributed by atoms with Gasteiger partial charge in [0.2, 0.25) is 0 Å². The molecular weight excluding hydrogens is 194 g/mol. The molecule has 1 aliphatic heterocycles. The topological polar surface area (TPSA) is 50.5 Å². The molecule has 0 spiro atoms. The normalized spacial score (nSPS) is 18.0. The van der Waals surface area contributed by atoms with Crippen LogP contribution in [0.4, 0.5) is 0 Å². The lowest BCUT2D eigenvalue weighted by Gasteiger charge is -2.24. The van der Waals surface area contributed by atoms with E-state index in [1.54, 1.807) is 12.1 Å². The molecule has 1 saturated heterocycles. The van der Waals surface area contributed by atoms with Gasteiger partial charge in [0, 0.05) is 25.9 Å². The summed E-state index contributed by atoms with van der Waals surface area (Å²) in [6, 6.07) is 3.47. The zero-order valence-electron chi connectivity index (χ0n) is 8.44. The maximum absolute atomic E-state index is 11.0.